The summed E-state index contributed by atoms with van der Waals surface area (Å²) in [7, 11) is 0. The molecule has 0 aliphatic rings. The molecule has 0 fully saturated rings. The molecule has 0 aromatic carbocycles. The highest BCUT2D eigenvalue weighted by atomic mass is 16.4. The smallest absolute Gasteiger partial charge is 0.129 e. The average Bonchev–Trinajstić information content (AvgIpc) is 2.58. The van der Waals surface area contributed by atoms with Crippen LogP contribution in [0.1, 0.15) is 39.2 Å². The Morgan fingerprint density at radius 1 is 1.17 bits per heavy atom. The highest BCUT2D eigenvalue weighted by molar-refractivity contribution is 5.03. The van der Waals surface area contributed by atoms with Gasteiger partial charge in [-0.15, -0.1) is 0 Å². The molecular formula is C10H20O2. The minimum absolute atomic E-state index is 0.00611. The number of aliphatic hydroxyl groups is 1. The van der Waals surface area contributed by atoms with Crippen molar-refractivity contribution in [2.75, 3.05) is 0 Å². The average molecular weight is 172 g/mol. The summed E-state index contributed by atoms with van der Waals surface area (Å²) in [6.07, 6.45) is 0. The summed E-state index contributed by atoms with van der Waals surface area (Å²) in [6.45, 7) is 9.84. The first-order chi connectivity index (χ1) is 5.83. The van der Waals surface area contributed by atoms with Crippen molar-refractivity contribution < 1.29 is 9.52 Å². The quantitative estimate of drug-likeness (QED) is 0.706. The molecule has 2 heteroatoms. The first kappa shape index (κ1) is 13.8. The SMILES string of the molecule is CC.CC.Cc1ccc(CO)o1. The lowest BCUT2D eigenvalue weighted by atomic mass is 10.4. The van der Waals surface area contributed by atoms with E-state index >= 15 is 0 Å². The van der Waals surface area contributed by atoms with Gasteiger partial charge in [-0.1, -0.05) is 27.7 Å². The molecule has 1 N–H and O–H groups in total. The Kier molecular flexibility index (Phi) is 11.8. The molecule has 1 heterocycles. The highest BCUT2D eigenvalue weighted by Gasteiger charge is 1.92. The van der Waals surface area contributed by atoms with Crippen molar-refractivity contribution in [1.29, 1.82) is 0 Å². The first-order valence-electron chi connectivity index (χ1n) is 4.49. The maximum absolute atomic E-state index is 8.46. The van der Waals surface area contributed by atoms with Gasteiger partial charge in [0.15, 0.2) is 0 Å². The number of hydrogen-bond acceptors (Lipinski definition) is 2. The third-order valence-electron chi connectivity index (χ3n) is 0.952. The summed E-state index contributed by atoms with van der Waals surface area (Å²) in [5, 5.41) is 8.46. The monoisotopic (exact) mass is 172 g/mol. The van der Waals surface area contributed by atoms with Crippen molar-refractivity contribution in [3.8, 4) is 0 Å². The summed E-state index contributed by atoms with van der Waals surface area (Å²) in [6, 6.07) is 3.58. The summed E-state index contributed by atoms with van der Waals surface area (Å²) < 4.78 is 4.98. The number of aliphatic hydroxyl groups excluding tert-OH is 1. The standard InChI is InChI=1S/C6H8O2.2C2H6/c1-5-2-3-6(4-7)8-5;2*1-2/h2-3,7H,4H2,1H3;2*1-2H3. The Labute approximate surface area is 75.2 Å². The van der Waals surface area contributed by atoms with Crippen LogP contribution >= 0.6 is 0 Å². The molecule has 0 bridgehead atoms. The third-order valence-corrected chi connectivity index (χ3v) is 0.952. The Hall–Kier alpha value is -0.760. The Bertz CT molecular complexity index is 168. The molecule has 1 rings (SSSR count). The van der Waals surface area contributed by atoms with Crippen molar-refractivity contribution in [1.82, 2.24) is 0 Å². The van der Waals surface area contributed by atoms with Gasteiger partial charge in [-0.2, -0.15) is 0 Å². The van der Waals surface area contributed by atoms with Gasteiger partial charge in [-0.25, -0.2) is 0 Å². The second-order valence-corrected chi connectivity index (χ2v) is 1.67. The maximum atomic E-state index is 8.46. The zero-order valence-electron chi connectivity index (χ0n) is 8.72. The molecule has 0 amide bonds. The highest BCUT2D eigenvalue weighted by Crippen LogP contribution is 2.04. The number of furan rings is 1. The Morgan fingerprint density at radius 3 is 1.83 bits per heavy atom. The van der Waals surface area contributed by atoms with Gasteiger partial charge in [0.25, 0.3) is 0 Å². The van der Waals surface area contributed by atoms with E-state index in [4.69, 9.17) is 9.52 Å². The van der Waals surface area contributed by atoms with Crippen LogP contribution in [0.3, 0.4) is 0 Å². The van der Waals surface area contributed by atoms with Crippen molar-refractivity contribution in [2.45, 2.75) is 41.2 Å². The lowest BCUT2D eigenvalue weighted by Gasteiger charge is -1.82. The summed E-state index contributed by atoms with van der Waals surface area (Å²) in [5.74, 6) is 1.47. The normalized spacial score (nSPS) is 7.50. The number of rotatable bonds is 1. The molecule has 2 nitrogen and oxygen atoms in total. The van der Waals surface area contributed by atoms with Crippen LogP contribution in [0.15, 0.2) is 16.5 Å². The molecule has 0 unspecified atom stereocenters. The molecule has 0 atom stereocenters. The minimum Gasteiger partial charge on any atom is -0.464 e. The topological polar surface area (TPSA) is 33.4 Å². The van der Waals surface area contributed by atoms with E-state index in [2.05, 4.69) is 0 Å². The first-order valence-corrected chi connectivity index (χ1v) is 4.49. The van der Waals surface area contributed by atoms with Crippen LogP contribution < -0.4 is 0 Å². The molecule has 0 radical (unpaired) electrons. The molecule has 0 aliphatic heterocycles. The van der Waals surface area contributed by atoms with E-state index in [0.717, 1.165) is 5.76 Å². The molecule has 72 valence electrons. The van der Waals surface area contributed by atoms with Gasteiger partial charge >= 0.3 is 0 Å². The lowest BCUT2D eigenvalue weighted by molar-refractivity contribution is 0.245. The van der Waals surface area contributed by atoms with Crippen molar-refractivity contribution >= 4 is 0 Å². The molecule has 12 heavy (non-hydrogen) atoms. The molecule has 0 aliphatic carbocycles. The van der Waals surface area contributed by atoms with Gasteiger partial charge in [0.2, 0.25) is 0 Å². The van der Waals surface area contributed by atoms with E-state index in [-0.39, 0.29) is 6.61 Å². The van der Waals surface area contributed by atoms with Gasteiger partial charge in [0, 0.05) is 0 Å². The minimum atomic E-state index is -0.00611. The second kappa shape index (κ2) is 10.2. The van der Waals surface area contributed by atoms with Crippen LogP contribution in [0, 0.1) is 6.92 Å². The predicted molar refractivity (Wildman–Crippen MR) is 52.1 cm³/mol. The largest absolute Gasteiger partial charge is 0.464 e. The summed E-state index contributed by atoms with van der Waals surface area (Å²) >= 11 is 0. The van der Waals surface area contributed by atoms with Gasteiger partial charge in [-0.3, -0.25) is 0 Å². The molecule has 1 aromatic heterocycles. The lowest BCUT2D eigenvalue weighted by Crippen LogP contribution is -1.73. The van der Waals surface area contributed by atoms with Gasteiger partial charge in [0.1, 0.15) is 18.1 Å². The van der Waals surface area contributed by atoms with E-state index in [1.165, 1.54) is 0 Å². The van der Waals surface area contributed by atoms with E-state index in [0.29, 0.717) is 5.76 Å². The van der Waals surface area contributed by atoms with Crippen LogP contribution in [0.5, 0.6) is 0 Å². The summed E-state index contributed by atoms with van der Waals surface area (Å²) in [4.78, 5) is 0. The molecular weight excluding hydrogens is 152 g/mol. The molecule has 0 saturated carbocycles. The third kappa shape index (κ3) is 5.98. The van der Waals surface area contributed by atoms with Gasteiger partial charge in [-0.05, 0) is 19.1 Å². The van der Waals surface area contributed by atoms with E-state index in [1.54, 1.807) is 6.07 Å². The molecule has 1 aromatic rings. The van der Waals surface area contributed by atoms with Crippen LogP contribution in [0.4, 0.5) is 0 Å². The predicted octanol–water partition coefficient (Wildman–Crippen LogP) is 3.13. The Balaban J connectivity index is 0. The maximum Gasteiger partial charge on any atom is 0.129 e. The fourth-order valence-electron chi connectivity index (χ4n) is 0.570. The van der Waals surface area contributed by atoms with Gasteiger partial charge in [0.05, 0.1) is 0 Å². The van der Waals surface area contributed by atoms with Crippen molar-refractivity contribution in [2.24, 2.45) is 0 Å². The van der Waals surface area contributed by atoms with Crippen LogP contribution in [-0.2, 0) is 6.61 Å². The number of hydrogen-bond donors (Lipinski definition) is 1. The van der Waals surface area contributed by atoms with E-state index in [1.807, 2.05) is 40.7 Å². The fourth-order valence-corrected chi connectivity index (χ4v) is 0.570. The van der Waals surface area contributed by atoms with Crippen LogP contribution in [0.2, 0.25) is 0 Å². The number of aryl methyl sites for hydroxylation is 1. The fraction of sp³-hybridized carbons (Fsp3) is 0.600. The molecule has 0 saturated heterocycles. The van der Waals surface area contributed by atoms with E-state index in [9.17, 15) is 0 Å². The van der Waals surface area contributed by atoms with Crippen molar-refractivity contribution in [3.63, 3.8) is 0 Å². The van der Waals surface area contributed by atoms with Crippen LogP contribution in [-0.4, -0.2) is 5.11 Å². The van der Waals surface area contributed by atoms with Gasteiger partial charge < -0.3 is 9.52 Å². The van der Waals surface area contributed by atoms with Crippen molar-refractivity contribution in [3.05, 3.63) is 23.7 Å². The zero-order chi connectivity index (χ0) is 9.98. The van der Waals surface area contributed by atoms with E-state index < -0.39 is 0 Å². The second-order valence-electron chi connectivity index (χ2n) is 1.67. The van der Waals surface area contributed by atoms with Crippen LogP contribution in [0.25, 0.3) is 0 Å². The molecule has 0 spiro atoms. The summed E-state index contributed by atoms with van der Waals surface area (Å²) in [5.41, 5.74) is 0. The Morgan fingerprint density at radius 2 is 1.67 bits per heavy atom. The zero-order valence-corrected chi connectivity index (χ0v) is 8.72.